The third-order valence-electron chi connectivity index (χ3n) is 2.94. The number of nitrogens with one attached hydrogen (secondary N) is 1. The van der Waals surface area contributed by atoms with E-state index in [-0.39, 0.29) is 0 Å². The van der Waals surface area contributed by atoms with Gasteiger partial charge in [0.05, 0.1) is 0 Å². The highest BCUT2D eigenvalue weighted by Crippen LogP contribution is 2.27. The summed E-state index contributed by atoms with van der Waals surface area (Å²) in [5.74, 6) is 0. The van der Waals surface area contributed by atoms with Crippen molar-refractivity contribution in [1.29, 1.82) is 0 Å². The molecule has 0 amide bonds. The van der Waals surface area contributed by atoms with Gasteiger partial charge in [-0.2, -0.15) is 0 Å². The van der Waals surface area contributed by atoms with Crippen LogP contribution < -0.4 is 5.32 Å². The van der Waals surface area contributed by atoms with E-state index in [4.69, 9.17) is 0 Å². The fraction of sp³-hybridized carbons (Fsp3) is 0.400. The molecule has 0 saturated carbocycles. The number of unbranched alkanes of at least 4 members (excludes halogenated alkanes) is 1. The van der Waals surface area contributed by atoms with E-state index in [1.54, 1.807) is 11.3 Å². The van der Waals surface area contributed by atoms with Crippen molar-refractivity contribution in [2.24, 2.45) is 0 Å². The molecule has 0 radical (unpaired) electrons. The van der Waals surface area contributed by atoms with Crippen molar-refractivity contribution in [3.63, 3.8) is 0 Å². The van der Waals surface area contributed by atoms with Gasteiger partial charge >= 0.3 is 0 Å². The maximum atomic E-state index is 4.52. The topological polar surface area (TPSA) is 24.9 Å². The van der Waals surface area contributed by atoms with Gasteiger partial charge in [0.15, 0.2) is 0 Å². The standard InChI is InChI=1S/C15H20N2S/c1-3-4-9-16-10-13-11-17-15(18-13)14-8-6-5-7-12(14)2/h5-8,11,16H,3-4,9-10H2,1-2H3. The summed E-state index contributed by atoms with van der Waals surface area (Å²) < 4.78 is 0. The molecule has 0 atom stereocenters. The number of hydrogen-bond donors (Lipinski definition) is 1. The zero-order chi connectivity index (χ0) is 12.8. The SMILES string of the molecule is CCCCNCc1cnc(-c2ccccc2C)s1. The Morgan fingerprint density at radius 1 is 1.28 bits per heavy atom. The molecular weight excluding hydrogens is 240 g/mol. The molecular formula is C15H20N2S. The van der Waals surface area contributed by atoms with Crippen LogP contribution >= 0.6 is 11.3 Å². The molecule has 0 fully saturated rings. The summed E-state index contributed by atoms with van der Waals surface area (Å²) in [6.45, 7) is 6.37. The lowest BCUT2D eigenvalue weighted by Crippen LogP contribution is -2.13. The minimum Gasteiger partial charge on any atom is -0.312 e. The van der Waals surface area contributed by atoms with E-state index < -0.39 is 0 Å². The van der Waals surface area contributed by atoms with E-state index in [0.717, 1.165) is 18.1 Å². The molecule has 1 heterocycles. The molecule has 0 aliphatic carbocycles. The van der Waals surface area contributed by atoms with Crippen molar-refractivity contribution in [2.75, 3.05) is 6.54 Å². The summed E-state index contributed by atoms with van der Waals surface area (Å²) >= 11 is 1.78. The molecule has 0 spiro atoms. The predicted octanol–water partition coefficient (Wildman–Crippen LogP) is 4.01. The van der Waals surface area contributed by atoms with Crippen LogP contribution in [0.1, 0.15) is 30.2 Å². The number of aromatic nitrogens is 1. The first-order valence-corrected chi connectivity index (χ1v) is 7.34. The monoisotopic (exact) mass is 260 g/mol. The zero-order valence-electron chi connectivity index (χ0n) is 11.1. The van der Waals surface area contributed by atoms with Crippen LogP contribution in [-0.2, 0) is 6.54 Å². The second kappa shape index (κ2) is 6.66. The first kappa shape index (κ1) is 13.2. The molecule has 0 unspecified atom stereocenters. The van der Waals surface area contributed by atoms with Gasteiger partial charge in [0, 0.05) is 23.2 Å². The third kappa shape index (κ3) is 3.40. The van der Waals surface area contributed by atoms with E-state index in [1.165, 1.54) is 28.8 Å². The molecule has 0 aliphatic heterocycles. The number of benzene rings is 1. The average molecular weight is 260 g/mol. The lowest BCUT2D eigenvalue weighted by atomic mass is 10.1. The van der Waals surface area contributed by atoms with Gasteiger partial charge in [-0.3, -0.25) is 0 Å². The summed E-state index contributed by atoms with van der Waals surface area (Å²) in [5, 5.41) is 4.58. The van der Waals surface area contributed by atoms with Gasteiger partial charge in [-0.15, -0.1) is 11.3 Å². The Bertz CT molecular complexity index is 491. The minimum absolute atomic E-state index is 0.934. The van der Waals surface area contributed by atoms with Gasteiger partial charge in [-0.05, 0) is 25.5 Å². The molecule has 3 heteroatoms. The Hall–Kier alpha value is -1.19. The quantitative estimate of drug-likeness (QED) is 0.794. The van der Waals surface area contributed by atoms with E-state index in [1.807, 2.05) is 6.20 Å². The molecule has 2 aromatic rings. The molecule has 0 aliphatic rings. The van der Waals surface area contributed by atoms with Gasteiger partial charge < -0.3 is 5.32 Å². The Balaban J connectivity index is 2.00. The number of hydrogen-bond acceptors (Lipinski definition) is 3. The molecule has 2 rings (SSSR count). The molecule has 96 valence electrons. The van der Waals surface area contributed by atoms with E-state index in [0.29, 0.717) is 0 Å². The first-order valence-electron chi connectivity index (χ1n) is 6.52. The summed E-state index contributed by atoms with van der Waals surface area (Å²) in [7, 11) is 0. The van der Waals surface area contributed by atoms with Gasteiger partial charge in [0.25, 0.3) is 0 Å². The maximum absolute atomic E-state index is 4.52. The minimum atomic E-state index is 0.934. The van der Waals surface area contributed by atoms with Crippen molar-refractivity contribution in [2.45, 2.75) is 33.2 Å². The Labute approximate surface area is 113 Å². The fourth-order valence-electron chi connectivity index (χ4n) is 1.84. The fourth-order valence-corrected chi connectivity index (χ4v) is 2.81. The van der Waals surface area contributed by atoms with E-state index in [2.05, 4.69) is 48.4 Å². The summed E-state index contributed by atoms with van der Waals surface area (Å²) in [5.41, 5.74) is 2.54. The predicted molar refractivity (Wildman–Crippen MR) is 78.9 cm³/mol. The van der Waals surface area contributed by atoms with Crippen LogP contribution in [0, 0.1) is 6.92 Å². The zero-order valence-corrected chi connectivity index (χ0v) is 11.9. The van der Waals surface area contributed by atoms with Gasteiger partial charge in [0.1, 0.15) is 5.01 Å². The summed E-state index contributed by atoms with van der Waals surface area (Å²) in [6.07, 6.45) is 4.47. The Morgan fingerprint density at radius 3 is 2.89 bits per heavy atom. The van der Waals surface area contributed by atoms with Crippen LogP contribution in [0.4, 0.5) is 0 Å². The maximum Gasteiger partial charge on any atom is 0.123 e. The average Bonchev–Trinajstić information content (AvgIpc) is 2.84. The van der Waals surface area contributed by atoms with Gasteiger partial charge in [-0.25, -0.2) is 4.98 Å². The normalized spacial score (nSPS) is 10.8. The van der Waals surface area contributed by atoms with Crippen LogP contribution in [0.5, 0.6) is 0 Å². The van der Waals surface area contributed by atoms with E-state index in [9.17, 15) is 0 Å². The second-order valence-electron chi connectivity index (χ2n) is 4.48. The lowest BCUT2D eigenvalue weighted by Gasteiger charge is -2.01. The molecule has 0 bridgehead atoms. The van der Waals surface area contributed by atoms with Crippen LogP contribution in [0.3, 0.4) is 0 Å². The lowest BCUT2D eigenvalue weighted by molar-refractivity contribution is 0.645. The molecule has 1 aromatic carbocycles. The number of aryl methyl sites for hydroxylation is 1. The Kier molecular flexibility index (Phi) is 4.90. The number of nitrogens with zero attached hydrogens (tertiary/aromatic N) is 1. The smallest absolute Gasteiger partial charge is 0.123 e. The van der Waals surface area contributed by atoms with Crippen molar-refractivity contribution in [3.05, 3.63) is 40.9 Å². The second-order valence-corrected chi connectivity index (χ2v) is 5.59. The first-order chi connectivity index (χ1) is 8.81. The third-order valence-corrected chi connectivity index (χ3v) is 3.97. The van der Waals surface area contributed by atoms with Crippen LogP contribution in [0.15, 0.2) is 30.5 Å². The van der Waals surface area contributed by atoms with Crippen LogP contribution in [0.2, 0.25) is 0 Å². The molecule has 1 aromatic heterocycles. The van der Waals surface area contributed by atoms with Crippen molar-refractivity contribution < 1.29 is 0 Å². The number of thiazole rings is 1. The van der Waals surface area contributed by atoms with E-state index >= 15 is 0 Å². The highest BCUT2D eigenvalue weighted by atomic mass is 32.1. The Morgan fingerprint density at radius 2 is 2.11 bits per heavy atom. The molecule has 18 heavy (non-hydrogen) atoms. The van der Waals surface area contributed by atoms with Crippen molar-refractivity contribution in [3.8, 4) is 10.6 Å². The highest BCUT2D eigenvalue weighted by molar-refractivity contribution is 7.15. The van der Waals surface area contributed by atoms with Crippen LogP contribution in [0.25, 0.3) is 10.6 Å². The number of rotatable bonds is 6. The molecule has 2 nitrogen and oxygen atoms in total. The largest absolute Gasteiger partial charge is 0.312 e. The van der Waals surface area contributed by atoms with Gasteiger partial charge in [-0.1, -0.05) is 37.6 Å². The molecule has 0 saturated heterocycles. The van der Waals surface area contributed by atoms with Gasteiger partial charge in [0.2, 0.25) is 0 Å². The highest BCUT2D eigenvalue weighted by Gasteiger charge is 2.06. The van der Waals surface area contributed by atoms with Crippen LogP contribution in [-0.4, -0.2) is 11.5 Å². The summed E-state index contributed by atoms with van der Waals surface area (Å²) in [4.78, 5) is 5.83. The van der Waals surface area contributed by atoms with Crippen molar-refractivity contribution >= 4 is 11.3 Å². The van der Waals surface area contributed by atoms with Crippen molar-refractivity contribution in [1.82, 2.24) is 10.3 Å². The summed E-state index contributed by atoms with van der Waals surface area (Å²) in [6, 6.07) is 8.42. The molecule has 1 N–H and O–H groups in total.